The van der Waals surface area contributed by atoms with Gasteiger partial charge in [0.2, 0.25) is 5.95 Å². The number of hydrogen-bond donors (Lipinski definition) is 1. The van der Waals surface area contributed by atoms with Crippen LogP contribution in [-0.2, 0) is 13.6 Å². The normalized spacial score (nSPS) is 16.3. The highest BCUT2D eigenvalue weighted by Gasteiger charge is 2.26. The van der Waals surface area contributed by atoms with E-state index in [0.717, 1.165) is 15.7 Å². The van der Waals surface area contributed by atoms with Gasteiger partial charge in [0.1, 0.15) is 0 Å². The SMILES string of the molecule is CC1=NNc2nc3c(c(=O)n(Cc4ccc(Br)cc4)c(=O)n3C)n2[C@@H]1C. The molecule has 1 aliphatic heterocycles. The maximum atomic E-state index is 13.2. The van der Waals surface area contributed by atoms with Crippen LogP contribution < -0.4 is 16.7 Å². The molecule has 2 aromatic heterocycles. The molecule has 1 aromatic carbocycles. The van der Waals surface area contributed by atoms with Gasteiger partial charge in [-0.05, 0) is 31.5 Å². The number of fused-ring (bicyclic) bond motifs is 3. The predicted octanol–water partition coefficient (Wildman–Crippen LogP) is 2.07. The molecule has 0 fully saturated rings. The summed E-state index contributed by atoms with van der Waals surface area (Å²) < 4.78 is 5.40. The van der Waals surface area contributed by atoms with E-state index >= 15 is 0 Å². The van der Waals surface area contributed by atoms with E-state index in [-0.39, 0.29) is 18.1 Å². The van der Waals surface area contributed by atoms with Crippen LogP contribution >= 0.6 is 15.9 Å². The fourth-order valence-electron chi connectivity index (χ4n) is 3.13. The Morgan fingerprint density at radius 1 is 1.23 bits per heavy atom. The molecule has 3 aromatic rings. The first kappa shape index (κ1) is 16.8. The number of hydrazone groups is 1. The van der Waals surface area contributed by atoms with E-state index in [1.807, 2.05) is 38.1 Å². The Morgan fingerprint density at radius 3 is 2.62 bits per heavy atom. The second kappa shape index (κ2) is 5.94. The second-order valence-corrected chi connectivity index (χ2v) is 7.29. The van der Waals surface area contributed by atoms with Crippen molar-refractivity contribution in [1.29, 1.82) is 0 Å². The molecule has 134 valence electrons. The van der Waals surface area contributed by atoms with Crippen LogP contribution in [0.3, 0.4) is 0 Å². The van der Waals surface area contributed by atoms with Crippen molar-refractivity contribution in [1.82, 2.24) is 18.7 Å². The van der Waals surface area contributed by atoms with Crippen molar-refractivity contribution in [3.63, 3.8) is 0 Å². The van der Waals surface area contributed by atoms with E-state index in [2.05, 4.69) is 31.4 Å². The summed E-state index contributed by atoms with van der Waals surface area (Å²) in [7, 11) is 1.62. The first-order valence-corrected chi connectivity index (χ1v) is 8.94. The van der Waals surface area contributed by atoms with Gasteiger partial charge in [0.05, 0.1) is 18.3 Å². The maximum Gasteiger partial charge on any atom is 0.332 e. The molecule has 26 heavy (non-hydrogen) atoms. The fourth-order valence-corrected chi connectivity index (χ4v) is 3.39. The van der Waals surface area contributed by atoms with Gasteiger partial charge in [-0.15, -0.1) is 0 Å². The van der Waals surface area contributed by atoms with Gasteiger partial charge in [0.25, 0.3) is 5.56 Å². The molecule has 1 N–H and O–H groups in total. The zero-order valence-corrected chi connectivity index (χ0v) is 16.1. The minimum atomic E-state index is -0.397. The summed E-state index contributed by atoms with van der Waals surface area (Å²) in [6.45, 7) is 4.03. The lowest BCUT2D eigenvalue weighted by Gasteiger charge is -2.21. The summed E-state index contributed by atoms with van der Waals surface area (Å²) in [6, 6.07) is 7.41. The number of aryl methyl sites for hydroxylation is 1. The molecule has 0 amide bonds. The maximum absolute atomic E-state index is 13.2. The number of hydrogen-bond acceptors (Lipinski definition) is 5. The summed E-state index contributed by atoms with van der Waals surface area (Å²) in [5.74, 6) is 0.464. The van der Waals surface area contributed by atoms with E-state index in [1.54, 1.807) is 11.6 Å². The third-order valence-corrected chi connectivity index (χ3v) is 5.28. The van der Waals surface area contributed by atoms with Crippen LogP contribution in [0.15, 0.2) is 43.4 Å². The van der Waals surface area contributed by atoms with Gasteiger partial charge in [-0.25, -0.2) is 10.2 Å². The molecule has 1 aliphatic rings. The van der Waals surface area contributed by atoms with Crippen LogP contribution in [0.25, 0.3) is 11.2 Å². The molecule has 3 heterocycles. The van der Waals surface area contributed by atoms with Gasteiger partial charge < -0.3 is 0 Å². The number of benzene rings is 1. The molecule has 0 radical (unpaired) electrons. The molecule has 0 spiro atoms. The van der Waals surface area contributed by atoms with Gasteiger partial charge in [0, 0.05) is 11.5 Å². The summed E-state index contributed by atoms with van der Waals surface area (Å²) in [4.78, 5) is 30.3. The monoisotopic (exact) mass is 416 g/mol. The molecule has 0 saturated heterocycles. The third-order valence-electron chi connectivity index (χ3n) is 4.75. The van der Waals surface area contributed by atoms with Gasteiger partial charge in [0.15, 0.2) is 11.2 Å². The molecule has 0 saturated carbocycles. The van der Waals surface area contributed by atoms with E-state index < -0.39 is 5.69 Å². The Balaban J connectivity index is 1.97. The summed E-state index contributed by atoms with van der Waals surface area (Å²) in [6.07, 6.45) is 0. The van der Waals surface area contributed by atoms with Gasteiger partial charge in [-0.1, -0.05) is 28.1 Å². The van der Waals surface area contributed by atoms with E-state index in [1.165, 1.54) is 9.13 Å². The number of anilines is 1. The van der Waals surface area contributed by atoms with Crippen molar-refractivity contribution in [2.45, 2.75) is 26.4 Å². The molecule has 4 rings (SSSR count). The molecular weight excluding hydrogens is 400 g/mol. The third kappa shape index (κ3) is 2.42. The van der Waals surface area contributed by atoms with Crippen molar-refractivity contribution >= 4 is 38.8 Å². The Bertz CT molecular complexity index is 1170. The lowest BCUT2D eigenvalue weighted by molar-refractivity contribution is 0.645. The average Bonchev–Trinajstić information content (AvgIpc) is 3.02. The summed E-state index contributed by atoms with van der Waals surface area (Å²) in [5.41, 5.74) is 4.56. The van der Waals surface area contributed by atoms with E-state index in [4.69, 9.17) is 0 Å². The van der Waals surface area contributed by atoms with Crippen LogP contribution in [0.1, 0.15) is 25.5 Å². The Kier molecular flexibility index (Phi) is 3.83. The number of aromatic nitrogens is 4. The quantitative estimate of drug-likeness (QED) is 0.692. The van der Waals surface area contributed by atoms with Gasteiger partial charge >= 0.3 is 5.69 Å². The molecule has 0 unspecified atom stereocenters. The van der Waals surface area contributed by atoms with Crippen LogP contribution in [0.2, 0.25) is 0 Å². The predicted molar refractivity (Wildman–Crippen MR) is 104 cm³/mol. The van der Waals surface area contributed by atoms with Crippen molar-refractivity contribution in [2.24, 2.45) is 12.1 Å². The van der Waals surface area contributed by atoms with E-state index in [0.29, 0.717) is 17.1 Å². The number of nitrogens with zero attached hydrogens (tertiary/aromatic N) is 5. The lowest BCUT2D eigenvalue weighted by atomic mass is 10.2. The largest absolute Gasteiger partial charge is 0.332 e. The summed E-state index contributed by atoms with van der Waals surface area (Å²) in [5, 5.41) is 4.21. The van der Waals surface area contributed by atoms with Crippen molar-refractivity contribution in [3.05, 3.63) is 55.1 Å². The highest BCUT2D eigenvalue weighted by molar-refractivity contribution is 9.10. The summed E-state index contributed by atoms with van der Waals surface area (Å²) >= 11 is 3.39. The number of nitrogens with one attached hydrogen (secondary N) is 1. The second-order valence-electron chi connectivity index (χ2n) is 6.38. The van der Waals surface area contributed by atoms with E-state index in [9.17, 15) is 9.59 Å². The molecule has 0 aliphatic carbocycles. The molecule has 0 bridgehead atoms. The highest BCUT2D eigenvalue weighted by Crippen LogP contribution is 2.25. The molecular formula is C17H17BrN6O2. The first-order valence-electron chi connectivity index (χ1n) is 8.15. The van der Waals surface area contributed by atoms with Gasteiger partial charge in [-0.3, -0.25) is 18.5 Å². The average molecular weight is 417 g/mol. The zero-order valence-electron chi connectivity index (χ0n) is 14.5. The smallest absolute Gasteiger partial charge is 0.294 e. The fraction of sp³-hybridized carbons (Fsp3) is 0.294. The van der Waals surface area contributed by atoms with Crippen molar-refractivity contribution in [2.75, 3.05) is 5.43 Å². The minimum absolute atomic E-state index is 0.123. The van der Waals surface area contributed by atoms with Crippen LogP contribution in [0, 0.1) is 0 Å². The molecule has 1 atom stereocenters. The van der Waals surface area contributed by atoms with Gasteiger partial charge in [-0.2, -0.15) is 10.1 Å². The number of halogens is 1. The standard InChI is InChI=1S/C17H17BrN6O2/c1-9-10(2)24-13-14(19-16(24)21-20-9)22(3)17(26)23(15(13)25)8-11-4-6-12(18)7-5-11/h4-7,10H,8H2,1-3H3,(H,19,21)/t10-/m1/s1. The number of imidazole rings is 1. The topological polar surface area (TPSA) is 86.2 Å². The Labute approximate surface area is 156 Å². The zero-order chi connectivity index (χ0) is 18.6. The van der Waals surface area contributed by atoms with Crippen molar-refractivity contribution in [3.8, 4) is 0 Å². The minimum Gasteiger partial charge on any atom is -0.294 e. The number of rotatable bonds is 2. The van der Waals surface area contributed by atoms with Crippen molar-refractivity contribution < 1.29 is 0 Å². The highest BCUT2D eigenvalue weighted by atomic mass is 79.9. The van der Waals surface area contributed by atoms with Crippen LogP contribution in [0.5, 0.6) is 0 Å². The van der Waals surface area contributed by atoms with Crippen LogP contribution in [-0.4, -0.2) is 24.4 Å². The molecule has 9 heteroatoms. The molecule has 8 nitrogen and oxygen atoms in total. The lowest BCUT2D eigenvalue weighted by Crippen LogP contribution is -2.40. The Hall–Kier alpha value is -2.68. The first-order chi connectivity index (χ1) is 12.4. The van der Waals surface area contributed by atoms with Crippen LogP contribution in [0.4, 0.5) is 5.95 Å². The Morgan fingerprint density at radius 2 is 1.92 bits per heavy atom.